The van der Waals surface area contributed by atoms with Gasteiger partial charge in [-0.25, -0.2) is 22.8 Å². The highest BCUT2D eigenvalue weighted by atomic mass is 127. The molecule has 21 heavy (non-hydrogen) atoms. The third kappa shape index (κ3) is 4.71. The van der Waals surface area contributed by atoms with Gasteiger partial charge in [0.15, 0.2) is 5.82 Å². The van der Waals surface area contributed by atoms with Crippen LogP contribution in [-0.2, 0) is 11.7 Å². The number of ether oxygens (including phenoxy) is 1. The van der Waals surface area contributed by atoms with E-state index in [0.29, 0.717) is 18.9 Å². The van der Waals surface area contributed by atoms with Crippen molar-refractivity contribution in [2.75, 3.05) is 18.0 Å². The van der Waals surface area contributed by atoms with Crippen LogP contribution in [0.4, 0.5) is 10.3 Å². The summed E-state index contributed by atoms with van der Waals surface area (Å²) in [6.45, 7) is 4.59. The van der Waals surface area contributed by atoms with Crippen LogP contribution in [0.25, 0.3) is 0 Å². The summed E-state index contributed by atoms with van der Waals surface area (Å²) < 4.78 is 42.4. The van der Waals surface area contributed by atoms with E-state index in [-0.39, 0.29) is 18.8 Å². The zero-order valence-electron chi connectivity index (χ0n) is 11.7. The van der Waals surface area contributed by atoms with E-state index in [1.54, 1.807) is 4.90 Å². The average Bonchev–Trinajstić information content (AvgIpc) is 2.37. The largest absolute Gasteiger partial charge is 0.374 e. The highest BCUT2D eigenvalue weighted by molar-refractivity contribution is 14.2. The first-order valence-electron chi connectivity index (χ1n) is 6.57. The van der Waals surface area contributed by atoms with E-state index in [4.69, 9.17) is 4.74 Å². The maximum absolute atomic E-state index is 12.9. The molecule has 0 N–H and O–H groups in total. The van der Waals surface area contributed by atoms with Crippen molar-refractivity contribution in [2.24, 2.45) is 0 Å². The molecule has 1 aliphatic heterocycles. The predicted molar refractivity (Wildman–Crippen MR) is 85.6 cm³/mol. The summed E-state index contributed by atoms with van der Waals surface area (Å²) in [5.74, 6) is -0.206. The number of hydrogen-bond acceptors (Lipinski definition) is 6. The molecule has 0 saturated carbocycles. The van der Waals surface area contributed by atoms with Crippen LogP contribution in [0.3, 0.4) is 0 Å². The number of anilines is 1. The summed E-state index contributed by atoms with van der Waals surface area (Å²) in [4.78, 5) is 9.57. The standard InChI is InChI=1S/C12H17FIN3O3S/c1-8(2)20-10-3-11(21(14,18)19)7-17(6-10)12-15-4-9(13)5-16-12/h4-5,8,10-11H,3,6-7H2,1-2H3/t10-,11+/m1/s1. The molecule has 118 valence electrons. The van der Waals surface area contributed by atoms with Crippen molar-refractivity contribution >= 4 is 34.2 Å². The van der Waals surface area contributed by atoms with E-state index >= 15 is 0 Å². The van der Waals surface area contributed by atoms with E-state index in [9.17, 15) is 12.8 Å². The summed E-state index contributed by atoms with van der Waals surface area (Å²) in [6, 6.07) is 0. The first kappa shape index (κ1) is 16.8. The van der Waals surface area contributed by atoms with Crippen LogP contribution in [0.15, 0.2) is 12.4 Å². The second-order valence-corrected chi connectivity index (χ2v) is 10.5. The van der Waals surface area contributed by atoms with Crippen molar-refractivity contribution in [3.8, 4) is 0 Å². The smallest absolute Gasteiger partial charge is 0.225 e. The van der Waals surface area contributed by atoms with Crippen molar-refractivity contribution < 1.29 is 17.5 Å². The fourth-order valence-corrected chi connectivity index (χ4v) is 4.24. The zero-order chi connectivity index (χ0) is 15.6. The van der Waals surface area contributed by atoms with Gasteiger partial charge in [-0.3, -0.25) is 0 Å². The third-order valence-corrected chi connectivity index (χ3v) is 6.42. The number of rotatable bonds is 4. The number of hydrogen-bond donors (Lipinski definition) is 0. The Morgan fingerprint density at radius 1 is 1.38 bits per heavy atom. The van der Waals surface area contributed by atoms with Gasteiger partial charge in [0.25, 0.3) is 0 Å². The highest BCUT2D eigenvalue weighted by Crippen LogP contribution is 2.26. The van der Waals surface area contributed by atoms with E-state index in [1.165, 1.54) is 21.2 Å². The number of nitrogens with zero attached hydrogens (tertiary/aromatic N) is 3. The molecular formula is C12H17FIN3O3S. The van der Waals surface area contributed by atoms with E-state index in [1.807, 2.05) is 13.8 Å². The minimum atomic E-state index is -3.22. The first-order valence-corrected chi connectivity index (χ1v) is 10.7. The highest BCUT2D eigenvalue weighted by Gasteiger charge is 2.35. The first-order chi connectivity index (χ1) is 9.75. The van der Waals surface area contributed by atoms with Crippen LogP contribution in [0.2, 0.25) is 0 Å². The Kier molecular flexibility index (Phi) is 5.36. The molecule has 0 radical (unpaired) electrons. The van der Waals surface area contributed by atoms with Gasteiger partial charge < -0.3 is 9.64 Å². The molecule has 2 heterocycles. The normalized spacial score (nSPS) is 23.6. The van der Waals surface area contributed by atoms with Gasteiger partial charge in [-0.05, 0) is 20.3 Å². The van der Waals surface area contributed by atoms with Crippen molar-refractivity contribution in [2.45, 2.75) is 37.7 Å². The van der Waals surface area contributed by atoms with Crippen LogP contribution in [0, 0.1) is 5.82 Å². The van der Waals surface area contributed by atoms with Gasteiger partial charge in [0, 0.05) is 13.1 Å². The molecule has 0 amide bonds. The fraction of sp³-hybridized carbons (Fsp3) is 0.667. The van der Waals surface area contributed by atoms with Gasteiger partial charge in [0.2, 0.25) is 13.0 Å². The SMILES string of the molecule is CC(C)O[C@@H]1C[C@H](S(=O)(=O)I)CN(c2ncc(F)cn2)C1. The Hall–Kier alpha value is -0.550. The molecule has 9 heteroatoms. The zero-order valence-corrected chi connectivity index (χ0v) is 14.7. The molecule has 0 aromatic carbocycles. The van der Waals surface area contributed by atoms with Crippen LogP contribution in [0.1, 0.15) is 20.3 Å². The van der Waals surface area contributed by atoms with Crippen molar-refractivity contribution in [3.63, 3.8) is 0 Å². The monoisotopic (exact) mass is 429 g/mol. The van der Waals surface area contributed by atoms with E-state index in [2.05, 4.69) is 9.97 Å². The molecule has 1 saturated heterocycles. The fourth-order valence-electron chi connectivity index (χ4n) is 2.33. The maximum Gasteiger partial charge on any atom is 0.225 e. The molecule has 0 spiro atoms. The summed E-state index contributed by atoms with van der Waals surface area (Å²) >= 11 is 1.46. The Balaban J connectivity index is 2.21. The molecule has 1 aromatic rings. The topological polar surface area (TPSA) is 72.4 Å². The molecule has 1 fully saturated rings. The lowest BCUT2D eigenvalue weighted by Gasteiger charge is -2.37. The Bertz CT molecular complexity index is 582. The summed E-state index contributed by atoms with van der Waals surface area (Å²) in [5.41, 5.74) is 0. The van der Waals surface area contributed by atoms with Gasteiger partial charge in [0.1, 0.15) is 0 Å². The molecule has 0 bridgehead atoms. The predicted octanol–water partition coefficient (Wildman–Crippen LogP) is 1.75. The lowest BCUT2D eigenvalue weighted by atomic mass is 10.1. The lowest BCUT2D eigenvalue weighted by Crippen LogP contribution is -2.49. The van der Waals surface area contributed by atoms with E-state index < -0.39 is 18.1 Å². The third-order valence-electron chi connectivity index (χ3n) is 3.13. The van der Waals surface area contributed by atoms with Crippen molar-refractivity contribution in [1.29, 1.82) is 0 Å². The van der Waals surface area contributed by atoms with Crippen LogP contribution in [0.5, 0.6) is 0 Å². The van der Waals surface area contributed by atoms with Crippen molar-refractivity contribution in [3.05, 3.63) is 18.2 Å². The summed E-state index contributed by atoms with van der Waals surface area (Å²) in [6.07, 6.45) is 2.37. The quantitative estimate of drug-likeness (QED) is 0.537. The number of aromatic nitrogens is 2. The molecule has 1 aromatic heterocycles. The van der Waals surface area contributed by atoms with Crippen LogP contribution >= 0.6 is 21.2 Å². The van der Waals surface area contributed by atoms with Gasteiger partial charge in [0.05, 0.1) is 51.1 Å². The van der Waals surface area contributed by atoms with Crippen LogP contribution < -0.4 is 4.90 Å². The second-order valence-electron chi connectivity index (χ2n) is 5.25. The van der Waals surface area contributed by atoms with Gasteiger partial charge in [-0.15, -0.1) is 0 Å². The van der Waals surface area contributed by atoms with Gasteiger partial charge in [-0.1, -0.05) is 0 Å². The Morgan fingerprint density at radius 3 is 2.52 bits per heavy atom. The molecule has 2 atom stereocenters. The molecule has 2 rings (SSSR count). The average molecular weight is 429 g/mol. The maximum atomic E-state index is 12.9. The number of halogens is 2. The van der Waals surface area contributed by atoms with Crippen molar-refractivity contribution in [1.82, 2.24) is 9.97 Å². The number of piperidine rings is 1. The summed E-state index contributed by atoms with van der Waals surface area (Å²) in [7, 11) is -3.22. The lowest BCUT2D eigenvalue weighted by molar-refractivity contribution is 0.00159. The minimum Gasteiger partial charge on any atom is -0.374 e. The van der Waals surface area contributed by atoms with Gasteiger partial charge in [-0.2, -0.15) is 0 Å². The van der Waals surface area contributed by atoms with E-state index in [0.717, 1.165) is 12.4 Å². The van der Waals surface area contributed by atoms with Gasteiger partial charge >= 0.3 is 0 Å². The molecule has 0 unspecified atom stereocenters. The molecule has 0 aliphatic carbocycles. The Morgan fingerprint density at radius 2 is 2.00 bits per heavy atom. The minimum absolute atomic E-state index is 0.00153. The molecule has 1 aliphatic rings. The Labute approximate surface area is 135 Å². The molecular weight excluding hydrogens is 412 g/mol. The molecule has 6 nitrogen and oxygen atoms in total. The summed E-state index contributed by atoms with van der Waals surface area (Å²) in [5, 5.41) is -0.552. The van der Waals surface area contributed by atoms with Crippen LogP contribution in [-0.4, -0.2) is 48.9 Å². The second kappa shape index (κ2) is 6.69.